The number of aromatic nitrogens is 2. The van der Waals surface area contributed by atoms with Gasteiger partial charge in [-0.15, -0.1) is 0 Å². The van der Waals surface area contributed by atoms with Crippen molar-refractivity contribution in [2.24, 2.45) is 33.8 Å². The molecule has 26 heteroatoms. The molecule has 0 aliphatic carbocycles. The van der Waals surface area contributed by atoms with Crippen LogP contribution in [0.2, 0.25) is 0 Å². The van der Waals surface area contributed by atoms with E-state index in [1.54, 1.807) is 13.8 Å². The minimum Gasteiger partial charge on any atom is -0.481 e. The van der Waals surface area contributed by atoms with Crippen LogP contribution in [0, 0.1) is 5.92 Å². The van der Waals surface area contributed by atoms with Crippen LogP contribution >= 0.6 is 12.6 Å². The van der Waals surface area contributed by atoms with E-state index in [0.29, 0.717) is 12.8 Å². The molecule has 0 aliphatic heterocycles. The van der Waals surface area contributed by atoms with Crippen LogP contribution in [-0.2, 0) is 49.6 Å². The predicted molar refractivity (Wildman–Crippen MR) is 220 cm³/mol. The van der Waals surface area contributed by atoms with Gasteiger partial charge < -0.3 is 75.1 Å². The molecule has 1 aromatic rings. The van der Waals surface area contributed by atoms with Crippen molar-refractivity contribution in [3.05, 3.63) is 18.2 Å². The fourth-order valence-electron chi connectivity index (χ4n) is 5.54. The average Bonchev–Trinajstić information content (AvgIpc) is 3.69. The summed E-state index contributed by atoms with van der Waals surface area (Å²) < 4.78 is 0. The van der Waals surface area contributed by atoms with Gasteiger partial charge in [-0.05, 0) is 51.0 Å². The number of H-pyrrole nitrogens is 1. The third-order valence-corrected chi connectivity index (χ3v) is 9.04. The minimum absolute atomic E-state index is 0.0132. The van der Waals surface area contributed by atoms with Gasteiger partial charge in [0.1, 0.15) is 36.3 Å². The summed E-state index contributed by atoms with van der Waals surface area (Å²) in [5, 5.41) is 42.6. The molecule has 1 aromatic heterocycles. The number of carbonyl (C=O) groups excluding carboxylic acids is 6. The van der Waals surface area contributed by atoms with Gasteiger partial charge in [-0.2, -0.15) is 12.6 Å². The molecule has 7 atom stereocenters. The van der Waals surface area contributed by atoms with Crippen LogP contribution in [0.5, 0.6) is 0 Å². The Hall–Kier alpha value is -6.02. The number of carboxylic acid groups (broad SMARTS) is 3. The molecule has 0 aromatic carbocycles. The third kappa shape index (κ3) is 21.2. The lowest BCUT2D eigenvalue weighted by Gasteiger charge is -2.27. The maximum Gasteiger partial charge on any atom is 0.326 e. The highest BCUT2D eigenvalue weighted by Crippen LogP contribution is 2.10. The lowest BCUT2D eigenvalue weighted by molar-refractivity contribution is -0.147. The lowest BCUT2D eigenvalue weighted by atomic mass is 10.0. The molecule has 0 saturated heterocycles. The Kier molecular flexibility index (Phi) is 24.1. The van der Waals surface area contributed by atoms with Crippen molar-refractivity contribution in [2.45, 2.75) is 114 Å². The van der Waals surface area contributed by atoms with Gasteiger partial charge in [0.15, 0.2) is 5.96 Å². The van der Waals surface area contributed by atoms with E-state index in [4.69, 9.17) is 28.0 Å². The van der Waals surface area contributed by atoms with Gasteiger partial charge >= 0.3 is 17.9 Å². The first-order valence-corrected chi connectivity index (χ1v) is 19.9. The monoisotopic (exact) mass is 885 g/mol. The molecular weight excluding hydrogens is 827 g/mol. The number of aliphatic carboxylic acids is 3. The fourth-order valence-corrected chi connectivity index (χ4v) is 5.71. The Morgan fingerprint density at radius 3 is 1.67 bits per heavy atom. The number of guanidine groups is 1. The number of aromatic amines is 1. The molecule has 0 unspecified atom stereocenters. The number of aliphatic imine (C=N–C) groups is 1. The van der Waals surface area contributed by atoms with Gasteiger partial charge in [-0.25, -0.2) is 9.78 Å². The summed E-state index contributed by atoms with van der Waals surface area (Å²) in [6.07, 6.45) is 0.932. The second-order valence-corrected chi connectivity index (χ2v) is 14.7. The SMILES string of the molecule is CC(C)C[C@H](NC(=O)[C@@H](N)CS)C(=O)N[C@@H](CCCCN)C(=O)N[C@@H](CC(=O)O)C(=O)N[C@@H](CCCN=C(N)N)C(=O)N[C@@H](Cc1cnc[nH]1)C(=O)N[C@@H](CC(=O)O)C(=O)O. The normalized spacial score (nSPS) is 14.4. The van der Waals surface area contributed by atoms with Gasteiger partial charge in [0.25, 0.3) is 0 Å². The van der Waals surface area contributed by atoms with E-state index in [2.05, 4.69) is 59.5 Å². The summed E-state index contributed by atoms with van der Waals surface area (Å²) in [4.78, 5) is 126. The second kappa shape index (κ2) is 27.7. The minimum atomic E-state index is -1.89. The Balaban J connectivity index is 3.48. The van der Waals surface area contributed by atoms with Crippen molar-refractivity contribution in [3.8, 4) is 0 Å². The van der Waals surface area contributed by atoms with Crippen molar-refractivity contribution in [1.29, 1.82) is 0 Å². The molecule has 0 spiro atoms. The van der Waals surface area contributed by atoms with E-state index < -0.39 is 108 Å². The van der Waals surface area contributed by atoms with Gasteiger partial charge in [0, 0.05) is 30.6 Å². The van der Waals surface area contributed by atoms with E-state index >= 15 is 0 Å². The molecule has 342 valence electrons. The fraction of sp³-hybridized carbons (Fsp3) is 0.629. The molecular formula is C35H59N13O12S. The van der Waals surface area contributed by atoms with Gasteiger partial charge in [-0.1, -0.05) is 13.8 Å². The van der Waals surface area contributed by atoms with Crippen molar-refractivity contribution in [3.63, 3.8) is 0 Å². The highest BCUT2D eigenvalue weighted by molar-refractivity contribution is 7.80. The maximum atomic E-state index is 13.8. The third-order valence-electron chi connectivity index (χ3n) is 8.65. The highest BCUT2D eigenvalue weighted by Gasteiger charge is 2.35. The summed E-state index contributed by atoms with van der Waals surface area (Å²) in [6, 6.07) is -10.4. The van der Waals surface area contributed by atoms with Crippen LogP contribution in [-0.4, -0.2) is 146 Å². The number of hydrogen-bond acceptors (Lipinski definition) is 14. The van der Waals surface area contributed by atoms with Crippen LogP contribution in [0.25, 0.3) is 0 Å². The molecule has 1 rings (SSSR count). The lowest BCUT2D eigenvalue weighted by Crippen LogP contribution is -2.60. The Morgan fingerprint density at radius 1 is 0.705 bits per heavy atom. The van der Waals surface area contributed by atoms with E-state index in [1.807, 2.05) is 0 Å². The standard InChI is InChI=1S/C35H59N13O12S/c1-17(2)10-22(45-28(53)19(37)15-61)31(56)43-20(6-3-4-8-36)29(54)47-24(12-26(49)50)33(58)44-21(7-5-9-41-35(38)39)30(55)46-23(11-18-14-40-16-42-18)32(57)48-25(34(59)60)13-27(51)52/h14,16-17,19-25,61H,3-13,15,36-37H2,1-2H3,(H,40,42)(H,43,56)(H,44,58)(H,45,53)(H,46,55)(H,47,54)(H,48,57)(H,49,50)(H,51,52)(H,59,60)(H4,38,39,41)/t19-,20-,21-,22-,23-,24-,25-/m0/s1. The molecule has 6 amide bonds. The molecule has 25 nitrogen and oxygen atoms in total. The molecule has 18 N–H and O–H groups in total. The Labute approximate surface area is 356 Å². The molecule has 0 saturated carbocycles. The second-order valence-electron chi connectivity index (χ2n) is 14.3. The largest absolute Gasteiger partial charge is 0.481 e. The summed E-state index contributed by atoms with van der Waals surface area (Å²) in [5.74, 6) is -10.9. The summed E-state index contributed by atoms with van der Waals surface area (Å²) in [5.41, 5.74) is 22.5. The first-order valence-electron chi connectivity index (χ1n) is 19.3. The summed E-state index contributed by atoms with van der Waals surface area (Å²) >= 11 is 4.01. The van der Waals surface area contributed by atoms with E-state index in [1.165, 1.54) is 12.5 Å². The molecule has 0 radical (unpaired) electrons. The Morgan fingerprint density at radius 2 is 1.18 bits per heavy atom. The summed E-state index contributed by atoms with van der Waals surface area (Å²) in [7, 11) is 0. The average molecular weight is 886 g/mol. The zero-order chi connectivity index (χ0) is 46.2. The van der Waals surface area contributed by atoms with Gasteiger partial charge in [0.2, 0.25) is 35.4 Å². The first-order chi connectivity index (χ1) is 28.7. The maximum absolute atomic E-state index is 13.8. The van der Waals surface area contributed by atoms with Gasteiger partial charge in [-0.3, -0.25) is 43.3 Å². The molecule has 1 heterocycles. The van der Waals surface area contributed by atoms with E-state index in [9.17, 15) is 53.4 Å². The number of unbranched alkanes of at least 4 members (excludes halogenated alkanes) is 1. The van der Waals surface area contributed by atoms with Crippen LogP contribution in [0.3, 0.4) is 0 Å². The molecule has 0 bridgehead atoms. The van der Waals surface area contributed by atoms with Crippen molar-refractivity contribution in [1.82, 2.24) is 41.9 Å². The number of carbonyl (C=O) groups is 9. The van der Waals surface area contributed by atoms with Gasteiger partial charge in [0.05, 0.1) is 25.2 Å². The number of amides is 6. The van der Waals surface area contributed by atoms with E-state index in [0.717, 1.165) is 0 Å². The number of nitrogens with two attached hydrogens (primary N) is 4. The van der Waals surface area contributed by atoms with Crippen molar-refractivity contribution < 1.29 is 58.5 Å². The highest BCUT2D eigenvalue weighted by atomic mass is 32.1. The van der Waals surface area contributed by atoms with Crippen LogP contribution < -0.4 is 54.8 Å². The number of rotatable bonds is 30. The van der Waals surface area contributed by atoms with Crippen LogP contribution in [0.15, 0.2) is 17.5 Å². The zero-order valence-corrected chi connectivity index (χ0v) is 34.8. The number of nitrogens with zero attached hydrogens (tertiary/aromatic N) is 2. The summed E-state index contributed by atoms with van der Waals surface area (Å²) in [6.45, 7) is 3.78. The topological polar surface area (TPSA) is 432 Å². The first kappa shape index (κ1) is 53.0. The molecule has 0 aliphatic rings. The molecule has 61 heavy (non-hydrogen) atoms. The van der Waals surface area contributed by atoms with Crippen LogP contribution in [0.1, 0.15) is 70.9 Å². The smallest absolute Gasteiger partial charge is 0.326 e. The number of thiol groups is 1. The number of imidazole rings is 1. The van der Waals surface area contributed by atoms with Crippen LogP contribution in [0.4, 0.5) is 0 Å². The number of hydrogen-bond donors (Lipinski definition) is 15. The van der Waals surface area contributed by atoms with Crippen molar-refractivity contribution >= 4 is 71.9 Å². The predicted octanol–water partition coefficient (Wildman–Crippen LogP) is -4.62. The Bertz CT molecular complexity index is 1680. The molecule has 0 fully saturated rings. The zero-order valence-electron chi connectivity index (χ0n) is 33.9. The quantitative estimate of drug-likeness (QED) is 0.0150. The number of nitrogens with one attached hydrogen (secondary N) is 7. The van der Waals surface area contributed by atoms with Crippen molar-refractivity contribution in [2.75, 3.05) is 18.8 Å². The number of carboxylic acids is 3. The van der Waals surface area contributed by atoms with E-state index in [-0.39, 0.29) is 68.5 Å².